The number of nitrogens with one attached hydrogen (secondary N) is 1. The fraction of sp³-hybridized carbons (Fsp3) is 0.700. The molecule has 0 aromatic heterocycles. The molecular weight excluding hydrogens is 270 g/mol. The van der Waals surface area contributed by atoms with Crippen LogP contribution >= 0.6 is 0 Å². The summed E-state index contributed by atoms with van der Waals surface area (Å²) in [6.45, 7) is 11.8. The third-order valence-corrected chi connectivity index (χ3v) is 3.67. The highest BCUT2D eigenvalue weighted by Gasteiger charge is 2.08. The lowest BCUT2D eigenvalue weighted by atomic mass is 9.97. The first kappa shape index (κ1) is 19.0. The smallest absolute Gasteiger partial charge is 0.119 e. The number of hydrogen-bond donors (Lipinski definition) is 1. The molecule has 0 atom stereocenters. The minimum absolute atomic E-state index is 0.334. The molecule has 0 saturated carbocycles. The molecule has 0 amide bonds. The Labute approximate surface area is 137 Å². The molecule has 0 saturated heterocycles. The van der Waals surface area contributed by atoms with Crippen LogP contribution in [0, 0.1) is 5.41 Å². The fourth-order valence-corrected chi connectivity index (χ4v) is 2.36. The number of hydrogen-bond acceptors (Lipinski definition) is 2. The molecular formula is C20H35NO. The summed E-state index contributed by atoms with van der Waals surface area (Å²) < 4.78 is 5.81. The molecule has 1 rings (SSSR count). The molecule has 22 heavy (non-hydrogen) atoms. The Balaban J connectivity index is 2.14. The van der Waals surface area contributed by atoms with Gasteiger partial charge in [0.1, 0.15) is 5.75 Å². The summed E-state index contributed by atoms with van der Waals surface area (Å²) in [5, 5.41) is 3.50. The van der Waals surface area contributed by atoms with Crippen molar-refractivity contribution in [2.24, 2.45) is 5.41 Å². The maximum Gasteiger partial charge on any atom is 0.119 e. The summed E-state index contributed by atoms with van der Waals surface area (Å²) in [7, 11) is 0. The van der Waals surface area contributed by atoms with Crippen LogP contribution in [0.4, 0.5) is 0 Å². The van der Waals surface area contributed by atoms with E-state index in [4.69, 9.17) is 4.74 Å². The van der Waals surface area contributed by atoms with Gasteiger partial charge in [0.15, 0.2) is 0 Å². The minimum Gasteiger partial charge on any atom is -0.494 e. The second-order valence-corrected chi connectivity index (χ2v) is 7.42. The van der Waals surface area contributed by atoms with E-state index in [0.29, 0.717) is 5.41 Å². The molecule has 126 valence electrons. The molecule has 0 radical (unpaired) electrons. The van der Waals surface area contributed by atoms with Crippen molar-refractivity contribution in [3.8, 4) is 5.75 Å². The largest absolute Gasteiger partial charge is 0.494 e. The van der Waals surface area contributed by atoms with E-state index < -0.39 is 0 Å². The van der Waals surface area contributed by atoms with E-state index in [2.05, 4.69) is 57.3 Å². The Morgan fingerprint density at radius 3 is 2.18 bits per heavy atom. The van der Waals surface area contributed by atoms with Crippen LogP contribution < -0.4 is 10.1 Å². The van der Waals surface area contributed by atoms with Crippen molar-refractivity contribution in [2.75, 3.05) is 13.2 Å². The second-order valence-electron chi connectivity index (χ2n) is 7.42. The van der Waals surface area contributed by atoms with Crippen LogP contribution in [-0.2, 0) is 6.54 Å². The van der Waals surface area contributed by atoms with Crippen molar-refractivity contribution >= 4 is 0 Å². The predicted octanol–water partition coefficient (Wildman–Crippen LogP) is 5.56. The Bertz CT molecular complexity index is 378. The van der Waals surface area contributed by atoms with Gasteiger partial charge in [-0.25, -0.2) is 0 Å². The fourth-order valence-electron chi connectivity index (χ4n) is 2.36. The summed E-state index contributed by atoms with van der Waals surface area (Å²) in [5.74, 6) is 0.994. The molecule has 0 aliphatic heterocycles. The Morgan fingerprint density at radius 1 is 0.909 bits per heavy atom. The van der Waals surface area contributed by atoms with Crippen molar-refractivity contribution in [3.05, 3.63) is 29.8 Å². The van der Waals surface area contributed by atoms with Gasteiger partial charge in [0.25, 0.3) is 0 Å². The van der Waals surface area contributed by atoms with E-state index in [9.17, 15) is 0 Å². The molecule has 0 bridgehead atoms. The minimum atomic E-state index is 0.334. The van der Waals surface area contributed by atoms with Gasteiger partial charge < -0.3 is 10.1 Å². The molecule has 0 unspecified atom stereocenters. The van der Waals surface area contributed by atoms with Crippen LogP contribution in [0.3, 0.4) is 0 Å². The zero-order chi connectivity index (χ0) is 16.3. The zero-order valence-corrected chi connectivity index (χ0v) is 15.1. The SMILES string of the molecule is CCCCCCCCOc1ccc(CNCC(C)(C)C)cc1. The van der Waals surface area contributed by atoms with Crippen molar-refractivity contribution in [3.63, 3.8) is 0 Å². The molecule has 1 N–H and O–H groups in total. The van der Waals surface area contributed by atoms with Crippen LogP contribution in [0.25, 0.3) is 0 Å². The maximum absolute atomic E-state index is 5.81. The molecule has 2 nitrogen and oxygen atoms in total. The van der Waals surface area contributed by atoms with Crippen LogP contribution in [0.1, 0.15) is 71.8 Å². The number of unbranched alkanes of at least 4 members (excludes halogenated alkanes) is 5. The average Bonchev–Trinajstić information content (AvgIpc) is 2.46. The number of rotatable bonds is 11. The van der Waals surface area contributed by atoms with Gasteiger partial charge in [-0.2, -0.15) is 0 Å². The Morgan fingerprint density at radius 2 is 1.55 bits per heavy atom. The summed E-state index contributed by atoms with van der Waals surface area (Å²) in [6.07, 6.45) is 7.84. The number of benzene rings is 1. The van der Waals surface area contributed by atoms with Crippen molar-refractivity contribution in [1.82, 2.24) is 5.32 Å². The lowest BCUT2D eigenvalue weighted by Crippen LogP contribution is -2.26. The Kier molecular flexibility index (Phi) is 9.22. The van der Waals surface area contributed by atoms with Crippen LogP contribution in [0.2, 0.25) is 0 Å². The van der Waals surface area contributed by atoms with Crippen molar-refractivity contribution < 1.29 is 4.74 Å². The highest BCUT2D eigenvalue weighted by Crippen LogP contribution is 2.14. The monoisotopic (exact) mass is 305 g/mol. The average molecular weight is 306 g/mol. The summed E-state index contributed by atoms with van der Waals surface area (Å²) in [4.78, 5) is 0. The van der Waals surface area contributed by atoms with Gasteiger partial charge >= 0.3 is 0 Å². The molecule has 1 aromatic rings. The third kappa shape index (κ3) is 9.83. The van der Waals surface area contributed by atoms with Crippen molar-refractivity contribution in [2.45, 2.75) is 72.8 Å². The van der Waals surface area contributed by atoms with E-state index >= 15 is 0 Å². The van der Waals surface area contributed by atoms with Crippen LogP contribution in [0.5, 0.6) is 5.75 Å². The molecule has 1 aromatic carbocycles. The molecule has 0 heterocycles. The normalized spacial score (nSPS) is 11.6. The van der Waals surface area contributed by atoms with E-state index in [1.807, 2.05) is 0 Å². The number of ether oxygens (including phenoxy) is 1. The first-order valence-corrected chi connectivity index (χ1v) is 8.94. The van der Waals surface area contributed by atoms with Crippen LogP contribution in [-0.4, -0.2) is 13.2 Å². The maximum atomic E-state index is 5.81. The quantitative estimate of drug-likeness (QED) is 0.540. The van der Waals surface area contributed by atoms with E-state index in [1.54, 1.807) is 0 Å². The molecule has 2 heteroatoms. The molecule has 0 aliphatic carbocycles. The van der Waals surface area contributed by atoms with Gasteiger partial charge in [-0.05, 0) is 29.5 Å². The van der Waals surface area contributed by atoms with E-state index in [1.165, 1.54) is 44.1 Å². The van der Waals surface area contributed by atoms with E-state index in [0.717, 1.165) is 25.4 Å². The van der Waals surface area contributed by atoms with Gasteiger partial charge in [0, 0.05) is 13.1 Å². The molecule has 0 spiro atoms. The molecule has 0 aliphatic rings. The first-order chi connectivity index (χ1) is 10.5. The van der Waals surface area contributed by atoms with Crippen molar-refractivity contribution in [1.29, 1.82) is 0 Å². The molecule has 0 fully saturated rings. The van der Waals surface area contributed by atoms with Gasteiger partial charge in [-0.1, -0.05) is 71.9 Å². The van der Waals surface area contributed by atoms with Gasteiger partial charge in [0.05, 0.1) is 6.61 Å². The zero-order valence-electron chi connectivity index (χ0n) is 15.1. The lowest BCUT2D eigenvalue weighted by Gasteiger charge is -2.18. The summed E-state index contributed by atoms with van der Waals surface area (Å²) in [6, 6.07) is 8.49. The topological polar surface area (TPSA) is 21.3 Å². The summed E-state index contributed by atoms with van der Waals surface area (Å²) in [5.41, 5.74) is 1.65. The van der Waals surface area contributed by atoms with Gasteiger partial charge in [0.2, 0.25) is 0 Å². The van der Waals surface area contributed by atoms with E-state index in [-0.39, 0.29) is 0 Å². The predicted molar refractivity (Wildman–Crippen MR) is 96.5 cm³/mol. The van der Waals surface area contributed by atoms with Gasteiger partial charge in [-0.15, -0.1) is 0 Å². The third-order valence-electron chi connectivity index (χ3n) is 3.67. The Hall–Kier alpha value is -1.02. The second kappa shape index (κ2) is 10.7. The first-order valence-electron chi connectivity index (χ1n) is 8.94. The highest BCUT2D eigenvalue weighted by molar-refractivity contribution is 5.27. The highest BCUT2D eigenvalue weighted by atomic mass is 16.5. The lowest BCUT2D eigenvalue weighted by molar-refractivity contribution is 0.304. The summed E-state index contributed by atoms with van der Waals surface area (Å²) >= 11 is 0. The van der Waals surface area contributed by atoms with Crippen LogP contribution in [0.15, 0.2) is 24.3 Å². The van der Waals surface area contributed by atoms with Gasteiger partial charge in [-0.3, -0.25) is 0 Å². The standard InChI is InChI=1S/C20H35NO/c1-5-6-7-8-9-10-15-22-19-13-11-18(12-14-19)16-21-17-20(2,3)4/h11-14,21H,5-10,15-17H2,1-4H3.